The van der Waals surface area contributed by atoms with Crippen molar-refractivity contribution in [3.63, 3.8) is 0 Å². The van der Waals surface area contributed by atoms with Crippen LogP contribution in [0.3, 0.4) is 0 Å². The fraction of sp³-hybridized carbons (Fsp3) is 0.667. The number of hydrogen-bond acceptors (Lipinski definition) is 7. The molecule has 1 aromatic carbocycles. The zero-order valence-electron chi connectivity index (χ0n) is 18.0. The fourth-order valence-electron chi connectivity index (χ4n) is 2.04. The van der Waals surface area contributed by atoms with E-state index < -0.39 is 12.2 Å². The Morgan fingerprint density at radius 3 is 1.89 bits per heavy atom. The SMILES string of the molecule is CC(C)(C)NCC(O)CO/N=C/c1ccc(OCC(O)CNC(C)(C)C)cc1. The van der Waals surface area contributed by atoms with E-state index in [1.807, 2.05) is 65.8 Å². The molecule has 2 unspecified atom stereocenters. The molecule has 7 nitrogen and oxygen atoms in total. The van der Waals surface area contributed by atoms with Crippen LogP contribution in [-0.4, -0.2) is 66.0 Å². The molecule has 0 radical (unpaired) electrons. The molecule has 1 rings (SSSR count). The minimum Gasteiger partial charge on any atom is -0.491 e. The minimum absolute atomic E-state index is 0.0385. The molecule has 2 atom stereocenters. The highest BCUT2D eigenvalue weighted by molar-refractivity contribution is 5.79. The lowest BCUT2D eigenvalue weighted by molar-refractivity contribution is 0.0379. The van der Waals surface area contributed by atoms with Gasteiger partial charge in [-0.15, -0.1) is 0 Å². The first kappa shape index (κ1) is 24.4. The number of nitrogens with one attached hydrogen (secondary N) is 2. The summed E-state index contributed by atoms with van der Waals surface area (Å²) in [7, 11) is 0. The average molecular weight is 396 g/mol. The van der Waals surface area contributed by atoms with Crippen molar-refractivity contribution in [2.45, 2.75) is 64.8 Å². The summed E-state index contributed by atoms with van der Waals surface area (Å²) in [6.07, 6.45) is 0.384. The van der Waals surface area contributed by atoms with Gasteiger partial charge in [0.2, 0.25) is 0 Å². The van der Waals surface area contributed by atoms with Crippen molar-refractivity contribution in [2.75, 3.05) is 26.3 Å². The van der Waals surface area contributed by atoms with Crippen LogP contribution in [0.1, 0.15) is 47.1 Å². The molecule has 28 heavy (non-hydrogen) atoms. The number of ether oxygens (including phenoxy) is 1. The molecule has 0 spiro atoms. The number of aliphatic hydroxyl groups excluding tert-OH is 2. The van der Waals surface area contributed by atoms with Crippen LogP contribution in [0.15, 0.2) is 29.4 Å². The smallest absolute Gasteiger partial charge is 0.144 e. The van der Waals surface area contributed by atoms with Gasteiger partial charge >= 0.3 is 0 Å². The summed E-state index contributed by atoms with van der Waals surface area (Å²) in [5.74, 6) is 0.677. The Morgan fingerprint density at radius 1 is 0.893 bits per heavy atom. The summed E-state index contributed by atoms with van der Waals surface area (Å²) in [6, 6.07) is 7.32. The topological polar surface area (TPSA) is 95.3 Å². The van der Waals surface area contributed by atoms with Crippen LogP contribution < -0.4 is 15.4 Å². The second kappa shape index (κ2) is 11.4. The molecule has 4 N–H and O–H groups in total. The Kier molecular flexibility index (Phi) is 9.89. The van der Waals surface area contributed by atoms with Crippen molar-refractivity contribution >= 4 is 6.21 Å². The molecule has 160 valence electrons. The number of aliphatic hydroxyl groups is 2. The first-order chi connectivity index (χ1) is 12.9. The van der Waals surface area contributed by atoms with Crippen LogP contribution >= 0.6 is 0 Å². The molecule has 0 saturated carbocycles. The molecule has 0 bridgehead atoms. The third kappa shape index (κ3) is 12.7. The van der Waals surface area contributed by atoms with Crippen LogP contribution in [0.4, 0.5) is 0 Å². The predicted octanol–water partition coefficient (Wildman–Crippen LogP) is 1.91. The normalized spacial score (nSPS) is 14.9. The minimum atomic E-state index is -0.619. The number of oxime groups is 1. The lowest BCUT2D eigenvalue weighted by atomic mass is 10.1. The number of nitrogens with zero attached hydrogens (tertiary/aromatic N) is 1. The van der Waals surface area contributed by atoms with Crippen molar-refractivity contribution in [3.8, 4) is 5.75 Å². The second-order valence-electron chi connectivity index (χ2n) is 8.98. The Labute approximate surface area is 169 Å². The van der Waals surface area contributed by atoms with Crippen molar-refractivity contribution in [1.29, 1.82) is 0 Å². The average Bonchev–Trinajstić information content (AvgIpc) is 2.60. The van der Waals surface area contributed by atoms with Gasteiger partial charge in [-0.05, 0) is 71.4 Å². The van der Waals surface area contributed by atoms with E-state index in [0.29, 0.717) is 18.8 Å². The van der Waals surface area contributed by atoms with Crippen LogP contribution in [0.5, 0.6) is 5.75 Å². The second-order valence-corrected chi connectivity index (χ2v) is 8.98. The zero-order valence-corrected chi connectivity index (χ0v) is 18.0. The Hall–Kier alpha value is -1.67. The van der Waals surface area contributed by atoms with Crippen molar-refractivity contribution in [1.82, 2.24) is 10.6 Å². The van der Waals surface area contributed by atoms with Crippen LogP contribution in [0, 0.1) is 0 Å². The van der Waals surface area contributed by atoms with Gasteiger partial charge in [0, 0.05) is 24.2 Å². The molecular formula is C21H37N3O4. The molecule has 0 fully saturated rings. The maximum absolute atomic E-state index is 9.95. The quantitative estimate of drug-likeness (QED) is 0.338. The fourth-order valence-corrected chi connectivity index (χ4v) is 2.04. The summed E-state index contributed by atoms with van der Waals surface area (Å²) in [6.45, 7) is 13.5. The summed E-state index contributed by atoms with van der Waals surface area (Å²) in [5, 5.41) is 30.1. The van der Waals surface area contributed by atoms with E-state index in [1.54, 1.807) is 6.21 Å². The molecule has 0 aromatic heterocycles. The summed E-state index contributed by atoms with van der Waals surface area (Å²) < 4.78 is 5.59. The Bertz CT molecular complexity index is 577. The van der Waals surface area contributed by atoms with E-state index in [-0.39, 0.29) is 24.3 Å². The van der Waals surface area contributed by atoms with Gasteiger partial charge in [0.15, 0.2) is 0 Å². The largest absolute Gasteiger partial charge is 0.491 e. The number of hydrogen-bond donors (Lipinski definition) is 4. The standard InChI is InChI=1S/C21H37N3O4/c1-20(2,3)22-12-17(25)14-27-19-9-7-16(8-10-19)11-24-28-15-18(26)13-23-21(4,5)6/h7-11,17-18,22-23,25-26H,12-15H2,1-6H3/b24-11+. The molecule has 0 saturated heterocycles. The first-order valence-electron chi connectivity index (χ1n) is 9.69. The number of rotatable bonds is 11. The van der Waals surface area contributed by atoms with Crippen LogP contribution in [0.25, 0.3) is 0 Å². The van der Waals surface area contributed by atoms with Gasteiger partial charge in [0.05, 0.1) is 6.21 Å². The highest BCUT2D eigenvalue weighted by Gasteiger charge is 2.13. The van der Waals surface area contributed by atoms with Gasteiger partial charge in [-0.2, -0.15) is 0 Å². The highest BCUT2D eigenvalue weighted by atomic mass is 16.6. The van der Waals surface area contributed by atoms with E-state index in [0.717, 1.165) is 5.56 Å². The maximum atomic E-state index is 9.95. The number of benzene rings is 1. The van der Waals surface area contributed by atoms with E-state index >= 15 is 0 Å². The van der Waals surface area contributed by atoms with Gasteiger partial charge in [0.25, 0.3) is 0 Å². The summed E-state index contributed by atoms with van der Waals surface area (Å²) in [5.41, 5.74) is 0.765. The molecule has 0 aliphatic heterocycles. The van der Waals surface area contributed by atoms with E-state index in [4.69, 9.17) is 9.57 Å². The summed E-state index contributed by atoms with van der Waals surface area (Å²) >= 11 is 0. The van der Waals surface area contributed by atoms with E-state index in [2.05, 4.69) is 15.8 Å². The molecular weight excluding hydrogens is 358 g/mol. The first-order valence-corrected chi connectivity index (χ1v) is 9.69. The van der Waals surface area contributed by atoms with Gasteiger partial charge in [0.1, 0.15) is 31.2 Å². The monoisotopic (exact) mass is 395 g/mol. The van der Waals surface area contributed by atoms with E-state index in [9.17, 15) is 10.2 Å². The van der Waals surface area contributed by atoms with Crippen molar-refractivity contribution in [2.24, 2.45) is 5.16 Å². The van der Waals surface area contributed by atoms with Gasteiger partial charge in [-0.1, -0.05) is 5.16 Å². The molecule has 0 amide bonds. The maximum Gasteiger partial charge on any atom is 0.144 e. The third-order valence-electron chi connectivity index (χ3n) is 3.60. The molecule has 1 aromatic rings. The van der Waals surface area contributed by atoms with Crippen LogP contribution in [-0.2, 0) is 4.84 Å². The highest BCUT2D eigenvalue weighted by Crippen LogP contribution is 2.11. The molecule has 7 heteroatoms. The van der Waals surface area contributed by atoms with Crippen molar-refractivity contribution < 1.29 is 19.8 Å². The number of β-amino-alcohol motifs (C(OH)–C–C–N with tert-alkyl or cyclic N) is 2. The zero-order chi connectivity index (χ0) is 21.2. The molecule has 0 aliphatic carbocycles. The van der Waals surface area contributed by atoms with Gasteiger partial charge in [-0.25, -0.2) is 0 Å². The lowest BCUT2D eigenvalue weighted by Crippen LogP contribution is -2.42. The summed E-state index contributed by atoms with van der Waals surface area (Å²) in [4.78, 5) is 5.14. The van der Waals surface area contributed by atoms with E-state index in [1.165, 1.54) is 0 Å². The van der Waals surface area contributed by atoms with Crippen LogP contribution in [0.2, 0.25) is 0 Å². The predicted molar refractivity (Wildman–Crippen MR) is 113 cm³/mol. The Balaban J connectivity index is 2.29. The van der Waals surface area contributed by atoms with Crippen molar-refractivity contribution in [3.05, 3.63) is 29.8 Å². The Morgan fingerprint density at radius 2 is 1.39 bits per heavy atom. The van der Waals surface area contributed by atoms with Gasteiger partial charge in [-0.3, -0.25) is 0 Å². The third-order valence-corrected chi connectivity index (χ3v) is 3.60. The molecule has 0 aliphatic rings. The lowest BCUT2D eigenvalue weighted by Gasteiger charge is -2.22. The molecule has 0 heterocycles. The van der Waals surface area contributed by atoms with Gasteiger partial charge < -0.3 is 30.4 Å².